The van der Waals surface area contributed by atoms with E-state index in [0.717, 1.165) is 16.7 Å². The van der Waals surface area contributed by atoms with Crippen LogP contribution in [-0.4, -0.2) is 114 Å². The first-order chi connectivity index (χ1) is 30.4. The predicted molar refractivity (Wildman–Crippen MR) is 241 cm³/mol. The van der Waals surface area contributed by atoms with E-state index >= 15 is 0 Å². The number of fused-ring (bicyclic) bond motifs is 1. The smallest absolute Gasteiger partial charge is 0.280 e. The SMILES string of the molecule is C#CCO[C@@H]1[C@H](OP(OCCC#N)N(C(C)C)C(C)C)[C@@H](COC(c2ccccc2)(c2ccc(OC)cc2)c2ccc(OC)cc2)O[C@H]1n1cnc2c(=O)[nH]c(/N=C/N(C)C)nc21. The first kappa shape index (κ1) is 46.8. The number of imidazole rings is 1. The lowest BCUT2D eigenvalue weighted by molar-refractivity contribution is -0.0944. The molecule has 1 aliphatic rings. The van der Waals surface area contributed by atoms with Gasteiger partial charge in [-0.2, -0.15) is 10.2 Å². The number of aliphatic imine (C=N–C) groups is 1. The van der Waals surface area contributed by atoms with Crippen LogP contribution in [0.1, 0.15) is 57.0 Å². The third-order valence-corrected chi connectivity index (χ3v) is 12.4. The Labute approximate surface area is 369 Å². The Bertz CT molecular complexity index is 2360. The average Bonchev–Trinajstić information content (AvgIpc) is 3.86. The van der Waals surface area contributed by atoms with Crippen LogP contribution in [0.3, 0.4) is 0 Å². The summed E-state index contributed by atoms with van der Waals surface area (Å²) in [4.78, 5) is 31.3. The summed E-state index contributed by atoms with van der Waals surface area (Å²) in [7, 11) is 5.02. The number of aromatic amines is 1. The highest BCUT2D eigenvalue weighted by atomic mass is 31.2. The number of ether oxygens (including phenoxy) is 5. The average molecular weight is 879 g/mol. The number of nitrogens with zero attached hydrogens (tertiary/aromatic N) is 7. The van der Waals surface area contributed by atoms with Gasteiger partial charge in [0.2, 0.25) is 5.95 Å². The third kappa shape index (κ3) is 10.6. The summed E-state index contributed by atoms with van der Waals surface area (Å²) in [5.74, 6) is 4.03. The molecule has 1 fully saturated rings. The van der Waals surface area contributed by atoms with Crippen molar-refractivity contribution in [2.45, 2.75) is 76.3 Å². The minimum Gasteiger partial charge on any atom is -0.497 e. The van der Waals surface area contributed by atoms with E-state index < -0.39 is 44.2 Å². The molecule has 0 aliphatic carbocycles. The van der Waals surface area contributed by atoms with Crippen LogP contribution < -0.4 is 15.0 Å². The van der Waals surface area contributed by atoms with Crippen molar-refractivity contribution in [3.8, 4) is 29.9 Å². The number of rotatable bonds is 21. The standard InChI is InChI=1S/C46H55N8O8P/c1-10-26-58-41-40(62-63(60-27-14-25-47)54(31(2)3)32(4)5)38(61-44(41)53-30-48-39-42(53)50-45(51-43(39)55)49-29-52(6)7)28-59-46(33-15-12-11-13-16-33,34-17-21-36(56-8)22-18-34)35-19-23-37(57-9)24-20-35/h1,11-13,15-24,29-32,38,40-41,44H,14,26-28H2,2-9H3,(H,50,51,55)/b49-29+/t38-,40-,41-,44-,63?/m1/s1. The molecule has 16 nitrogen and oxygen atoms in total. The van der Waals surface area contributed by atoms with Crippen molar-refractivity contribution >= 4 is 32.0 Å². The van der Waals surface area contributed by atoms with Crippen molar-refractivity contribution in [2.24, 2.45) is 4.99 Å². The fourth-order valence-electron chi connectivity index (χ4n) is 7.53. The van der Waals surface area contributed by atoms with Crippen LogP contribution >= 0.6 is 8.53 Å². The van der Waals surface area contributed by atoms with E-state index in [-0.39, 0.29) is 55.4 Å². The van der Waals surface area contributed by atoms with Crippen molar-refractivity contribution in [3.63, 3.8) is 0 Å². The Morgan fingerprint density at radius 1 is 0.968 bits per heavy atom. The number of nitriles is 1. The number of hydrogen-bond acceptors (Lipinski definition) is 13. The largest absolute Gasteiger partial charge is 0.497 e. The molecule has 0 radical (unpaired) electrons. The number of hydrogen-bond donors (Lipinski definition) is 1. The Kier molecular flexibility index (Phi) is 16.1. The fourth-order valence-corrected chi connectivity index (χ4v) is 9.30. The molecule has 1 aliphatic heterocycles. The maximum Gasteiger partial charge on any atom is 0.280 e. The molecule has 0 spiro atoms. The van der Waals surface area contributed by atoms with Crippen molar-refractivity contribution in [2.75, 3.05) is 48.1 Å². The normalized spacial score (nSPS) is 18.3. The summed E-state index contributed by atoms with van der Waals surface area (Å²) < 4.78 is 49.4. The van der Waals surface area contributed by atoms with Crippen LogP contribution in [0.2, 0.25) is 0 Å². The van der Waals surface area contributed by atoms with Crippen LogP contribution in [0.4, 0.5) is 5.95 Å². The Balaban J connectivity index is 1.53. The fraction of sp³-hybridized carbons (Fsp3) is 0.413. The molecule has 0 amide bonds. The third-order valence-electron chi connectivity index (χ3n) is 10.3. The molecule has 5 atom stereocenters. The van der Waals surface area contributed by atoms with Gasteiger partial charge >= 0.3 is 0 Å². The molecule has 3 aromatic carbocycles. The molecule has 0 bridgehead atoms. The van der Waals surface area contributed by atoms with Crippen LogP contribution in [-0.2, 0) is 28.9 Å². The lowest BCUT2D eigenvalue weighted by Crippen LogP contribution is -2.43. The zero-order valence-corrected chi connectivity index (χ0v) is 37.8. The predicted octanol–water partition coefficient (Wildman–Crippen LogP) is 6.94. The minimum absolute atomic E-state index is 0.0124. The second-order valence-corrected chi connectivity index (χ2v) is 16.8. The van der Waals surface area contributed by atoms with Crippen LogP contribution in [0, 0.1) is 23.7 Å². The number of nitrogens with one attached hydrogen (secondary N) is 1. The summed E-state index contributed by atoms with van der Waals surface area (Å²) in [6, 6.07) is 27.5. The highest BCUT2D eigenvalue weighted by Crippen LogP contribution is 2.51. The van der Waals surface area contributed by atoms with E-state index in [9.17, 15) is 10.1 Å². The van der Waals surface area contributed by atoms with Gasteiger partial charge in [-0.25, -0.2) is 14.6 Å². The lowest BCUT2D eigenvalue weighted by Gasteiger charge is -2.39. The van der Waals surface area contributed by atoms with E-state index in [0.29, 0.717) is 11.5 Å². The highest BCUT2D eigenvalue weighted by molar-refractivity contribution is 7.44. The van der Waals surface area contributed by atoms with Gasteiger partial charge in [-0.05, 0) is 68.7 Å². The maximum atomic E-state index is 13.4. The van der Waals surface area contributed by atoms with Gasteiger partial charge in [0.1, 0.15) is 42.0 Å². The first-order valence-electron chi connectivity index (χ1n) is 20.6. The molecule has 5 aromatic rings. The summed E-state index contributed by atoms with van der Waals surface area (Å²) in [6.07, 6.45) is 5.34. The van der Waals surface area contributed by atoms with Gasteiger partial charge in [-0.3, -0.25) is 14.3 Å². The Morgan fingerprint density at radius 2 is 1.59 bits per heavy atom. The summed E-state index contributed by atoms with van der Waals surface area (Å²) >= 11 is 0. The van der Waals surface area contributed by atoms with Crippen LogP contribution in [0.15, 0.2) is 95.0 Å². The van der Waals surface area contributed by atoms with Crippen LogP contribution in [0.5, 0.6) is 11.5 Å². The first-order valence-corrected chi connectivity index (χ1v) is 21.7. The summed E-state index contributed by atoms with van der Waals surface area (Å²) in [6.45, 7) is 8.20. The van der Waals surface area contributed by atoms with Gasteiger partial charge in [-0.1, -0.05) is 60.5 Å². The zero-order chi connectivity index (χ0) is 45.1. The molecule has 63 heavy (non-hydrogen) atoms. The van der Waals surface area contributed by atoms with Gasteiger partial charge in [0.25, 0.3) is 14.1 Å². The topological polar surface area (TPSA) is 171 Å². The maximum absolute atomic E-state index is 13.4. The number of terminal acetylenes is 1. The molecule has 17 heteroatoms. The molecular weight excluding hydrogens is 824 g/mol. The van der Waals surface area contributed by atoms with Gasteiger partial charge < -0.3 is 37.6 Å². The van der Waals surface area contributed by atoms with E-state index in [1.54, 1.807) is 37.8 Å². The second-order valence-electron chi connectivity index (χ2n) is 15.4. The lowest BCUT2D eigenvalue weighted by atomic mass is 9.80. The number of methoxy groups -OCH3 is 2. The highest BCUT2D eigenvalue weighted by Gasteiger charge is 2.52. The van der Waals surface area contributed by atoms with E-state index in [4.69, 9.17) is 39.2 Å². The second kappa shape index (κ2) is 21.6. The molecule has 6 rings (SSSR count). The van der Waals surface area contributed by atoms with Gasteiger partial charge in [-0.15, -0.1) is 6.42 Å². The molecule has 1 unspecified atom stereocenters. The Hall–Kier alpha value is -5.68. The van der Waals surface area contributed by atoms with Crippen molar-refractivity contribution < 1.29 is 32.7 Å². The number of H-pyrrole nitrogens is 1. The number of benzene rings is 3. The van der Waals surface area contributed by atoms with E-state index in [2.05, 4.69) is 64.3 Å². The monoisotopic (exact) mass is 878 g/mol. The van der Waals surface area contributed by atoms with Crippen molar-refractivity contribution in [3.05, 3.63) is 112 Å². The molecule has 0 saturated carbocycles. The van der Waals surface area contributed by atoms with Gasteiger partial charge in [0, 0.05) is 26.2 Å². The van der Waals surface area contributed by atoms with E-state index in [1.807, 2.05) is 78.9 Å². The van der Waals surface area contributed by atoms with Crippen LogP contribution in [0.25, 0.3) is 11.2 Å². The van der Waals surface area contributed by atoms with Gasteiger partial charge in [0.15, 0.2) is 17.4 Å². The molecule has 1 saturated heterocycles. The quantitative estimate of drug-likeness (QED) is 0.0201. The van der Waals surface area contributed by atoms with Gasteiger partial charge in [0.05, 0.1) is 52.6 Å². The molecule has 3 heterocycles. The minimum atomic E-state index is -1.84. The van der Waals surface area contributed by atoms with Crippen molar-refractivity contribution in [1.29, 1.82) is 5.26 Å². The Morgan fingerprint density at radius 3 is 2.14 bits per heavy atom. The van der Waals surface area contributed by atoms with E-state index in [1.165, 1.54) is 12.7 Å². The molecule has 2 aromatic heterocycles. The summed E-state index contributed by atoms with van der Waals surface area (Å²) in [5, 5.41) is 9.50. The van der Waals surface area contributed by atoms with Crippen molar-refractivity contribution in [1.82, 2.24) is 29.1 Å². The molecule has 332 valence electrons. The molecule has 1 N–H and O–H groups in total. The molecular formula is C46H55N8O8P. The number of aromatic nitrogens is 4. The summed E-state index contributed by atoms with van der Waals surface area (Å²) in [5.41, 5.74) is 1.05. The zero-order valence-electron chi connectivity index (χ0n) is 36.9.